The maximum atomic E-state index is 11.3. The largest absolute Gasteiger partial charge is 0.459 e. The van der Waals surface area contributed by atoms with Crippen LogP contribution in [-0.4, -0.2) is 36.7 Å². The Bertz CT molecular complexity index is 513. The van der Waals surface area contributed by atoms with E-state index in [0.717, 1.165) is 5.56 Å². The zero-order valence-electron chi connectivity index (χ0n) is 13.0. The fourth-order valence-corrected chi connectivity index (χ4v) is 2.95. The van der Waals surface area contributed by atoms with Crippen molar-refractivity contribution in [3.63, 3.8) is 0 Å². The summed E-state index contributed by atoms with van der Waals surface area (Å²) in [6.45, 7) is 4.68. The van der Waals surface area contributed by atoms with Crippen LogP contribution < -0.4 is 0 Å². The first-order valence-corrected chi connectivity index (χ1v) is 7.70. The summed E-state index contributed by atoms with van der Waals surface area (Å²) in [6.07, 6.45) is 0.396. The first kappa shape index (κ1) is 15.5. The molecule has 0 radical (unpaired) electrons. The van der Waals surface area contributed by atoms with E-state index in [0.29, 0.717) is 26.1 Å². The zero-order valence-corrected chi connectivity index (χ0v) is 13.0. The lowest BCUT2D eigenvalue weighted by Crippen LogP contribution is -2.37. The van der Waals surface area contributed by atoms with Crippen LogP contribution in [0.1, 0.15) is 32.3 Å². The summed E-state index contributed by atoms with van der Waals surface area (Å²) in [6, 6.07) is 9.98. The minimum atomic E-state index is -0.680. The number of ether oxygens (including phenoxy) is 4. The molecule has 5 nitrogen and oxygen atoms in total. The van der Waals surface area contributed by atoms with Gasteiger partial charge in [0.1, 0.15) is 18.3 Å². The van der Waals surface area contributed by atoms with Crippen molar-refractivity contribution in [1.82, 2.24) is 0 Å². The molecule has 1 aromatic carbocycles. The average molecular weight is 306 g/mol. The van der Waals surface area contributed by atoms with E-state index in [2.05, 4.69) is 0 Å². The Kier molecular flexibility index (Phi) is 4.47. The molecule has 0 N–H and O–H groups in total. The van der Waals surface area contributed by atoms with Gasteiger partial charge in [0.2, 0.25) is 0 Å². The number of carbonyl (C=O) groups excluding carboxylic acids is 1. The van der Waals surface area contributed by atoms with Gasteiger partial charge in [0.25, 0.3) is 0 Å². The van der Waals surface area contributed by atoms with Crippen molar-refractivity contribution in [3.05, 3.63) is 35.9 Å². The van der Waals surface area contributed by atoms with Crippen LogP contribution in [0.15, 0.2) is 30.3 Å². The molecule has 0 aromatic heterocycles. The molecule has 2 aliphatic rings. The summed E-state index contributed by atoms with van der Waals surface area (Å²) in [5.41, 5.74) is 1.12. The van der Waals surface area contributed by atoms with E-state index >= 15 is 0 Å². The fourth-order valence-electron chi connectivity index (χ4n) is 2.95. The summed E-state index contributed by atoms with van der Waals surface area (Å²) in [4.78, 5) is 11.3. The smallest absolute Gasteiger partial charge is 0.306 e. The van der Waals surface area contributed by atoms with Gasteiger partial charge < -0.3 is 18.9 Å². The number of benzene rings is 1. The quantitative estimate of drug-likeness (QED) is 0.782. The number of hydrogen-bond acceptors (Lipinski definition) is 5. The molecule has 3 atom stereocenters. The topological polar surface area (TPSA) is 54.0 Å². The fraction of sp³-hybridized carbons (Fsp3) is 0.588. The molecule has 120 valence electrons. The van der Waals surface area contributed by atoms with Crippen LogP contribution >= 0.6 is 0 Å². The molecule has 2 heterocycles. The third-order valence-electron chi connectivity index (χ3n) is 3.90. The number of carbonyl (C=O) groups is 1. The molecule has 2 saturated heterocycles. The molecule has 2 aliphatic heterocycles. The van der Waals surface area contributed by atoms with E-state index in [-0.39, 0.29) is 24.3 Å². The highest BCUT2D eigenvalue weighted by molar-refractivity contribution is 5.71. The highest BCUT2D eigenvalue weighted by atomic mass is 16.8. The summed E-state index contributed by atoms with van der Waals surface area (Å²) >= 11 is 0. The van der Waals surface area contributed by atoms with E-state index in [1.807, 2.05) is 44.2 Å². The number of hydrogen-bond donors (Lipinski definition) is 0. The lowest BCUT2D eigenvalue weighted by atomic mass is 10.1. The van der Waals surface area contributed by atoms with Gasteiger partial charge in [-0.15, -0.1) is 0 Å². The van der Waals surface area contributed by atoms with Crippen LogP contribution in [-0.2, 0) is 30.3 Å². The third-order valence-corrected chi connectivity index (χ3v) is 3.90. The van der Waals surface area contributed by atoms with Crippen LogP contribution in [0.25, 0.3) is 0 Å². The van der Waals surface area contributed by atoms with Gasteiger partial charge in [-0.2, -0.15) is 0 Å². The number of rotatable bonds is 5. The Labute approximate surface area is 130 Å². The van der Waals surface area contributed by atoms with Crippen molar-refractivity contribution in [2.45, 2.75) is 57.4 Å². The van der Waals surface area contributed by atoms with Gasteiger partial charge in [-0.3, -0.25) is 4.79 Å². The first-order chi connectivity index (χ1) is 10.5. The maximum absolute atomic E-state index is 11.3. The minimum Gasteiger partial charge on any atom is -0.459 e. The lowest BCUT2D eigenvalue weighted by molar-refractivity contribution is -0.164. The Morgan fingerprint density at radius 2 is 2.00 bits per heavy atom. The summed E-state index contributed by atoms with van der Waals surface area (Å²) in [5, 5.41) is 0. The SMILES string of the molecule is CC1(C)O[C@@H]([C@H]2CCC(=O)O2)[C@@H](COCc2ccccc2)O1. The van der Waals surface area contributed by atoms with Crippen molar-refractivity contribution in [1.29, 1.82) is 0 Å². The predicted molar refractivity (Wildman–Crippen MR) is 79.0 cm³/mol. The molecule has 0 unspecified atom stereocenters. The van der Waals surface area contributed by atoms with Crippen LogP contribution in [0.4, 0.5) is 0 Å². The van der Waals surface area contributed by atoms with E-state index in [1.165, 1.54) is 0 Å². The molecule has 2 fully saturated rings. The van der Waals surface area contributed by atoms with E-state index in [4.69, 9.17) is 18.9 Å². The van der Waals surface area contributed by atoms with Gasteiger partial charge in [-0.05, 0) is 25.8 Å². The Morgan fingerprint density at radius 1 is 1.23 bits per heavy atom. The second-order valence-electron chi connectivity index (χ2n) is 6.21. The van der Waals surface area contributed by atoms with E-state index in [9.17, 15) is 4.79 Å². The van der Waals surface area contributed by atoms with Crippen LogP contribution in [0, 0.1) is 0 Å². The van der Waals surface area contributed by atoms with Crippen molar-refractivity contribution in [2.75, 3.05) is 6.61 Å². The van der Waals surface area contributed by atoms with Crippen molar-refractivity contribution in [3.8, 4) is 0 Å². The average Bonchev–Trinajstić information content (AvgIpc) is 3.03. The first-order valence-electron chi connectivity index (χ1n) is 7.70. The van der Waals surface area contributed by atoms with Gasteiger partial charge in [-0.1, -0.05) is 30.3 Å². The monoisotopic (exact) mass is 306 g/mol. The van der Waals surface area contributed by atoms with Crippen LogP contribution in [0.5, 0.6) is 0 Å². The molecule has 0 aliphatic carbocycles. The summed E-state index contributed by atoms with van der Waals surface area (Å²) in [5.74, 6) is -0.845. The van der Waals surface area contributed by atoms with Gasteiger partial charge in [0.15, 0.2) is 5.79 Å². The third kappa shape index (κ3) is 3.66. The number of cyclic esters (lactones) is 1. The summed E-state index contributed by atoms with van der Waals surface area (Å²) < 4.78 is 22.9. The van der Waals surface area contributed by atoms with Gasteiger partial charge >= 0.3 is 5.97 Å². The zero-order chi connectivity index (χ0) is 15.6. The molecular weight excluding hydrogens is 284 g/mol. The van der Waals surface area contributed by atoms with Crippen molar-refractivity contribution >= 4 is 5.97 Å². The highest BCUT2D eigenvalue weighted by Gasteiger charge is 2.48. The molecule has 22 heavy (non-hydrogen) atoms. The van der Waals surface area contributed by atoms with Crippen LogP contribution in [0.3, 0.4) is 0 Å². The molecule has 0 amide bonds. The van der Waals surface area contributed by atoms with Crippen molar-refractivity contribution < 1.29 is 23.7 Å². The van der Waals surface area contributed by atoms with E-state index in [1.54, 1.807) is 0 Å². The maximum Gasteiger partial charge on any atom is 0.306 e. The molecule has 5 heteroatoms. The minimum absolute atomic E-state index is 0.165. The molecule has 1 aromatic rings. The highest BCUT2D eigenvalue weighted by Crippen LogP contribution is 2.34. The number of esters is 1. The second kappa shape index (κ2) is 6.36. The molecule has 3 rings (SSSR count). The Morgan fingerprint density at radius 3 is 2.68 bits per heavy atom. The van der Waals surface area contributed by atoms with Gasteiger partial charge in [0.05, 0.1) is 13.2 Å². The predicted octanol–water partition coefficient (Wildman–Crippen LogP) is 2.43. The van der Waals surface area contributed by atoms with Gasteiger partial charge in [0, 0.05) is 6.42 Å². The molecular formula is C17H22O5. The second-order valence-corrected chi connectivity index (χ2v) is 6.21. The Balaban J connectivity index is 1.57. The lowest BCUT2D eigenvalue weighted by Gasteiger charge is -2.21. The molecule has 0 saturated carbocycles. The normalized spacial score (nSPS) is 30.5. The van der Waals surface area contributed by atoms with Crippen molar-refractivity contribution in [2.24, 2.45) is 0 Å². The van der Waals surface area contributed by atoms with Crippen LogP contribution in [0.2, 0.25) is 0 Å². The standard InChI is InChI=1S/C17H22O5/c1-17(2)21-14(11-19-10-12-6-4-3-5-7-12)16(22-17)13-8-9-15(18)20-13/h3-7,13-14,16H,8-11H2,1-2H3/t13-,14-,16+/m1/s1. The van der Waals surface area contributed by atoms with E-state index < -0.39 is 5.79 Å². The molecule has 0 bridgehead atoms. The summed E-state index contributed by atoms with van der Waals surface area (Å²) in [7, 11) is 0. The van der Waals surface area contributed by atoms with Gasteiger partial charge in [-0.25, -0.2) is 0 Å². The Hall–Kier alpha value is -1.43. The molecule has 0 spiro atoms.